The summed E-state index contributed by atoms with van der Waals surface area (Å²) in [4.78, 5) is 37.1. The van der Waals surface area contributed by atoms with Crippen LogP contribution in [0.15, 0.2) is 12.4 Å². The molecular formula is C19H28N4O4. The molecule has 1 amide bonds. The predicted molar refractivity (Wildman–Crippen MR) is 97.9 cm³/mol. The number of carboxylic acids is 1. The molecule has 1 N–H and O–H groups in total. The number of morpholine rings is 1. The minimum absolute atomic E-state index is 0.0452. The van der Waals surface area contributed by atoms with E-state index in [1.807, 2.05) is 4.90 Å². The molecule has 1 aromatic heterocycles. The smallest absolute Gasteiger partial charge is 0.307 e. The normalized spacial score (nSPS) is 24.0. The maximum Gasteiger partial charge on any atom is 0.307 e. The Labute approximate surface area is 159 Å². The summed E-state index contributed by atoms with van der Waals surface area (Å²) in [5.41, 5.74) is 0.943. The summed E-state index contributed by atoms with van der Waals surface area (Å²) in [6.07, 6.45) is 5.86. The highest BCUT2D eigenvalue weighted by molar-refractivity contribution is 5.80. The first-order valence-electron chi connectivity index (χ1n) is 9.68. The number of carboxylic acid groups (broad SMARTS) is 1. The van der Waals surface area contributed by atoms with Gasteiger partial charge in [0.05, 0.1) is 25.0 Å². The van der Waals surface area contributed by atoms with Crippen molar-refractivity contribution in [2.24, 2.45) is 11.8 Å². The zero-order chi connectivity index (χ0) is 19.2. The molecule has 0 saturated carbocycles. The van der Waals surface area contributed by atoms with Crippen molar-refractivity contribution in [3.63, 3.8) is 0 Å². The molecule has 0 aliphatic carbocycles. The number of rotatable bonds is 6. The third-order valence-electron chi connectivity index (χ3n) is 5.19. The second kappa shape index (κ2) is 9.23. The summed E-state index contributed by atoms with van der Waals surface area (Å²) in [5.74, 6) is -0.797. The molecule has 0 spiro atoms. The number of piperidine rings is 1. The van der Waals surface area contributed by atoms with Crippen molar-refractivity contribution in [2.75, 3.05) is 39.4 Å². The summed E-state index contributed by atoms with van der Waals surface area (Å²) in [7, 11) is 0. The number of aliphatic carboxylic acids is 1. The fourth-order valence-corrected chi connectivity index (χ4v) is 3.79. The Morgan fingerprint density at radius 3 is 2.48 bits per heavy atom. The van der Waals surface area contributed by atoms with Crippen LogP contribution in [0.3, 0.4) is 0 Å². The Hall–Kier alpha value is -2.06. The Balaban J connectivity index is 1.66. The number of carbonyl (C=O) groups is 2. The van der Waals surface area contributed by atoms with Gasteiger partial charge in [0.1, 0.15) is 5.82 Å². The monoisotopic (exact) mass is 376 g/mol. The molecule has 8 heteroatoms. The van der Waals surface area contributed by atoms with Crippen LogP contribution in [0.5, 0.6) is 0 Å². The van der Waals surface area contributed by atoms with Crippen LogP contribution in [0.1, 0.15) is 31.2 Å². The molecule has 2 fully saturated rings. The fourth-order valence-electron chi connectivity index (χ4n) is 3.79. The lowest BCUT2D eigenvalue weighted by atomic mass is 9.88. The van der Waals surface area contributed by atoms with E-state index < -0.39 is 11.9 Å². The molecule has 2 atom stereocenters. The van der Waals surface area contributed by atoms with Crippen molar-refractivity contribution in [1.82, 2.24) is 19.8 Å². The van der Waals surface area contributed by atoms with Crippen LogP contribution in [0.25, 0.3) is 0 Å². The van der Waals surface area contributed by atoms with Gasteiger partial charge in [-0.3, -0.25) is 14.5 Å². The largest absolute Gasteiger partial charge is 0.481 e. The number of hydrogen-bond acceptors (Lipinski definition) is 6. The van der Waals surface area contributed by atoms with Gasteiger partial charge in [0, 0.05) is 57.1 Å². The van der Waals surface area contributed by atoms with Crippen LogP contribution in [-0.2, 0) is 27.3 Å². The highest BCUT2D eigenvalue weighted by Crippen LogP contribution is 2.25. The maximum atomic E-state index is 12.9. The first-order valence-corrected chi connectivity index (χ1v) is 9.68. The van der Waals surface area contributed by atoms with Gasteiger partial charge in [-0.2, -0.15) is 0 Å². The van der Waals surface area contributed by atoms with Crippen LogP contribution in [-0.4, -0.2) is 76.1 Å². The van der Waals surface area contributed by atoms with Gasteiger partial charge in [-0.25, -0.2) is 9.97 Å². The molecule has 1 aromatic rings. The van der Waals surface area contributed by atoms with E-state index in [-0.39, 0.29) is 11.8 Å². The molecule has 2 saturated heterocycles. The van der Waals surface area contributed by atoms with Gasteiger partial charge in [0.25, 0.3) is 0 Å². The lowest BCUT2D eigenvalue weighted by Gasteiger charge is -2.38. The Bertz CT molecular complexity index is 646. The van der Waals surface area contributed by atoms with Gasteiger partial charge in [-0.15, -0.1) is 0 Å². The third kappa shape index (κ3) is 5.23. The second-order valence-electron chi connectivity index (χ2n) is 7.36. The molecule has 2 aliphatic heterocycles. The maximum absolute atomic E-state index is 12.9. The SMILES string of the molecule is CCCc1ncc(CN2C[C@@H](C(=O)O)C[C@H](C(=O)N3CCOCC3)C2)cn1. The van der Waals surface area contributed by atoms with E-state index in [0.29, 0.717) is 52.4 Å². The van der Waals surface area contributed by atoms with Gasteiger partial charge >= 0.3 is 5.97 Å². The number of carbonyl (C=O) groups excluding carboxylic acids is 1. The second-order valence-corrected chi connectivity index (χ2v) is 7.36. The molecule has 3 rings (SSSR count). The summed E-state index contributed by atoms with van der Waals surface area (Å²) >= 11 is 0. The topological polar surface area (TPSA) is 95.9 Å². The van der Waals surface area contributed by atoms with Gasteiger partial charge in [-0.1, -0.05) is 6.92 Å². The molecule has 3 heterocycles. The lowest BCUT2D eigenvalue weighted by Crippen LogP contribution is -2.51. The van der Waals surface area contributed by atoms with Crippen molar-refractivity contribution in [3.8, 4) is 0 Å². The van der Waals surface area contributed by atoms with Crippen LogP contribution < -0.4 is 0 Å². The lowest BCUT2D eigenvalue weighted by molar-refractivity contribution is -0.149. The average Bonchev–Trinajstić information content (AvgIpc) is 2.69. The number of amides is 1. The summed E-state index contributed by atoms with van der Waals surface area (Å²) in [6.45, 7) is 5.92. The third-order valence-corrected chi connectivity index (χ3v) is 5.19. The van der Waals surface area contributed by atoms with Gasteiger partial charge in [0.2, 0.25) is 5.91 Å². The van der Waals surface area contributed by atoms with E-state index in [1.54, 1.807) is 17.3 Å². The molecule has 0 aromatic carbocycles. The standard InChI is InChI=1S/C19H28N4O4/c1-2-3-17-20-9-14(10-21-17)11-22-12-15(8-16(13-22)19(25)26)18(24)23-4-6-27-7-5-23/h9-10,15-16H,2-8,11-13H2,1H3,(H,25,26)/t15-,16-/m0/s1. The van der Waals surface area contributed by atoms with Gasteiger partial charge in [0.15, 0.2) is 0 Å². The molecule has 0 unspecified atom stereocenters. The van der Waals surface area contributed by atoms with E-state index in [2.05, 4.69) is 16.9 Å². The zero-order valence-corrected chi connectivity index (χ0v) is 15.8. The molecule has 0 bridgehead atoms. The summed E-state index contributed by atoms with van der Waals surface area (Å²) in [5, 5.41) is 9.53. The number of aryl methyl sites for hydroxylation is 1. The highest BCUT2D eigenvalue weighted by atomic mass is 16.5. The Morgan fingerprint density at radius 2 is 1.85 bits per heavy atom. The van der Waals surface area contributed by atoms with E-state index in [4.69, 9.17) is 4.74 Å². The average molecular weight is 376 g/mol. The molecule has 2 aliphatic rings. The first kappa shape index (κ1) is 19.7. The predicted octanol–water partition coefficient (Wildman–Crippen LogP) is 0.811. The van der Waals surface area contributed by atoms with Crippen molar-refractivity contribution >= 4 is 11.9 Å². The van der Waals surface area contributed by atoms with Crippen molar-refractivity contribution < 1.29 is 19.4 Å². The quantitative estimate of drug-likeness (QED) is 0.785. The van der Waals surface area contributed by atoms with Gasteiger partial charge < -0.3 is 14.7 Å². The number of ether oxygens (including phenoxy) is 1. The van der Waals surface area contributed by atoms with E-state index >= 15 is 0 Å². The molecule has 0 radical (unpaired) electrons. The van der Waals surface area contributed by atoms with E-state index in [9.17, 15) is 14.7 Å². The Kier molecular flexibility index (Phi) is 6.73. The number of likely N-dealkylation sites (tertiary alicyclic amines) is 1. The van der Waals surface area contributed by atoms with Crippen molar-refractivity contribution in [1.29, 1.82) is 0 Å². The summed E-state index contributed by atoms with van der Waals surface area (Å²) < 4.78 is 5.31. The van der Waals surface area contributed by atoms with Crippen LogP contribution in [0.4, 0.5) is 0 Å². The molecule has 148 valence electrons. The van der Waals surface area contributed by atoms with Gasteiger partial charge in [-0.05, 0) is 12.8 Å². The Morgan fingerprint density at radius 1 is 1.19 bits per heavy atom. The van der Waals surface area contributed by atoms with Crippen LogP contribution in [0, 0.1) is 11.8 Å². The van der Waals surface area contributed by atoms with Crippen molar-refractivity contribution in [3.05, 3.63) is 23.8 Å². The minimum atomic E-state index is -0.839. The fraction of sp³-hybridized carbons (Fsp3) is 0.684. The van der Waals surface area contributed by atoms with E-state index in [1.165, 1.54) is 0 Å². The number of nitrogens with zero attached hydrogens (tertiary/aromatic N) is 4. The molecular weight excluding hydrogens is 348 g/mol. The minimum Gasteiger partial charge on any atom is -0.481 e. The first-order chi connectivity index (χ1) is 13.1. The van der Waals surface area contributed by atoms with E-state index in [0.717, 1.165) is 24.2 Å². The zero-order valence-electron chi connectivity index (χ0n) is 15.8. The molecule has 8 nitrogen and oxygen atoms in total. The van der Waals surface area contributed by atoms with Crippen LogP contribution in [0.2, 0.25) is 0 Å². The number of aromatic nitrogens is 2. The molecule has 27 heavy (non-hydrogen) atoms. The van der Waals surface area contributed by atoms with Crippen molar-refractivity contribution in [2.45, 2.75) is 32.7 Å². The highest BCUT2D eigenvalue weighted by Gasteiger charge is 2.37. The van der Waals surface area contributed by atoms with Crippen LogP contribution >= 0.6 is 0 Å². The summed E-state index contributed by atoms with van der Waals surface area (Å²) in [6, 6.07) is 0. The number of hydrogen-bond donors (Lipinski definition) is 1.